The van der Waals surface area contributed by atoms with Gasteiger partial charge in [-0.15, -0.1) is 0 Å². The number of hydrogen-bond donors (Lipinski definition) is 3. The van der Waals surface area contributed by atoms with Gasteiger partial charge in [0.1, 0.15) is 6.10 Å². The maximum absolute atomic E-state index is 12.0. The Balaban J connectivity index is 2.32. The number of carbonyl (C=O) groups excluding carboxylic acids is 1. The van der Waals surface area contributed by atoms with Crippen LogP contribution in [0.2, 0.25) is 0 Å². The van der Waals surface area contributed by atoms with Crippen LogP contribution in [0, 0.1) is 5.92 Å². The largest absolute Gasteiger partial charge is 0.385 e. The van der Waals surface area contributed by atoms with E-state index in [-0.39, 0.29) is 11.9 Å². The summed E-state index contributed by atoms with van der Waals surface area (Å²) in [5, 5.41) is 14.3. The quantitative estimate of drug-likeness (QED) is 0.666. The lowest BCUT2D eigenvalue weighted by Crippen LogP contribution is -2.50. The van der Waals surface area contributed by atoms with Crippen LogP contribution < -0.4 is 10.6 Å². The zero-order valence-corrected chi connectivity index (χ0v) is 9.96. The van der Waals surface area contributed by atoms with E-state index in [0.29, 0.717) is 5.92 Å². The van der Waals surface area contributed by atoms with Crippen molar-refractivity contribution < 1.29 is 18.7 Å². The van der Waals surface area contributed by atoms with E-state index in [1.165, 1.54) is 0 Å². The minimum Gasteiger partial charge on any atom is -0.385 e. The Morgan fingerprint density at radius 3 is 2.88 bits per heavy atom. The molecule has 6 heteroatoms. The second kappa shape index (κ2) is 6.86. The van der Waals surface area contributed by atoms with E-state index in [1.54, 1.807) is 0 Å². The van der Waals surface area contributed by atoms with Gasteiger partial charge in [0.15, 0.2) is 0 Å². The highest BCUT2D eigenvalue weighted by Gasteiger charge is 2.26. The fourth-order valence-electron chi connectivity index (χ4n) is 1.98. The van der Waals surface area contributed by atoms with Gasteiger partial charge in [0.25, 0.3) is 6.43 Å². The molecule has 0 spiro atoms. The standard InChI is InChI=1S/C11H20F2N2O2/c1-2-7-3-4-14-8(5-7)11(17)15-6-9(16)10(12)13/h7-10,14,16H,2-6H2,1H3,(H,15,17). The molecule has 3 N–H and O–H groups in total. The molecule has 1 rings (SSSR count). The second-order valence-corrected chi connectivity index (χ2v) is 4.45. The SMILES string of the molecule is CCC1CCNC(C(=O)NCC(O)C(F)F)C1. The topological polar surface area (TPSA) is 61.4 Å². The Morgan fingerprint density at radius 2 is 2.29 bits per heavy atom. The van der Waals surface area contributed by atoms with Crippen molar-refractivity contribution in [2.75, 3.05) is 13.1 Å². The van der Waals surface area contributed by atoms with Crippen molar-refractivity contribution in [2.24, 2.45) is 5.92 Å². The first-order valence-corrected chi connectivity index (χ1v) is 6.01. The minimum atomic E-state index is -2.82. The molecule has 1 heterocycles. The molecule has 4 nitrogen and oxygen atoms in total. The van der Waals surface area contributed by atoms with Gasteiger partial charge in [0, 0.05) is 6.54 Å². The normalized spacial score (nSPS) is 26.9. The first kappa shape index (κ1) is 14.3. The summed E-state index contributed by atoms with van der Waals surface area (Å²) in [6.07, 6.45) is -1.82. The highest BCUT2D eigenvalue weighted by molar-refractivity contribution is 5.81. The number of amides is 1. The van der Waals surface area contributed by atoms with Gasteiger partial charge in [-0.1, -0.05) is 13.3 Å². The number of rotatable bonds is 5. The Bertz CT molecular complexity index is 252. The molecule has 3 atom stereocenters. The fraction of sp³-hybridized carbons (Fsp3) is 0.909. The van der Waals surface area contributed by atoms with E-state index >= 15 is 0 Å². The van der Waals surface area contributed by atoms with Crippen molar-refractivity contribution in [3.05, 3.63) is 0 Å². The average molecular weight is 250 g/mol. The maximum Gasteiger partial charge on any atom is 0.265 e. The predicted molar refractivity (Wildman–Crippen MR) is 59.8 cm³/mol. The van der Waals surface area contributed by atoms with Crippen molar-refractivity contribution in [2.45, 2.75) is 44.8 Å². The summed E-state index contributed by atoms with van der Waals surface area (Å²) in [5.41, 5.74) is 0. The fourth-order valence-corrected chi connectivity index (χ4v) is 1.98. The van der Waals surface area contributed by atoms with Gasteiger partial charge in [-0.25, -0.2) is 8.78 Å². The van der Waals surface area contributed by atoms with Crippen molar-refractivity contribution in [3.63, 3.8) is 0 Å². The number of carbonyl (C=O) groups is 1. The smallest absolute Gasteiger partial charge is 0.265 e. The van der Waals surface area contributed by atoms with Crippen molar-refractivity contribution >= 4 is 5.91 Å². The molecular weight excluding hydrogens is 230 g/mol. The van der Waals surface area contributed by atoms with E-state index in [1.807, 2.05) is 0 Å². The monoisotopic (exact) mass is 250 g/mol. The number of nitrogens with one attached hydrogen (secondary N) is 2. The van der Waals surface area contributed by atoms with Gasteiger partial charge in [-0.05, 0) is 25.3 Å². The summed E-state index contributed by atoms with van der Waals surface area (Å²) in [4.78, 5) is 11.7. The Labute approximate surface area is 99.8 Å². The molecule has 17 heavy (non-hydrogen) atoms. The van der Waals surface area contributed by atoms with Crippen molar-refractivity contribution in [1.82, 2.24) is 10.6 Å². The molecule has 1 amide bonds. The molecule has 0 radical (unpaired) electrons. The Hall–Kier alpha value is -0.750. The minimum absolute atomic E-state index is 0.303. The highest BCUT2D eigenvalue weighted by atomic mass is 19.3. The van der Waals surface area contributed by atoms with E-state index in [2.05, 4.69) is 17.6 Å². The average Bonchev–Trinajstić information content (AvgIpc) is 2.35. The third-order valence-corrected chi connectivity index (χ3v) is 3.18. The van der Waals surface area contributed by atoms with Gasteiger partial charge in [-0.3, -0.25) is 4.79 Å². The lowest BCUT2D eigenvalue weighted by atomic mass is 9.90. The summed E-state index contributed by atoms with van der Waals surface area (Å²) >= 11 is 0. The molecule has 0 aromatic heterocycles. The molecule has 1 saturated heterocycles. The zero-order valence-electron chi connectivity index (χ0n) is 9.96. The van der Waals surface area contributed by atoms with Gasteiger partial charge < -0.3 is 15.7 Å². The summed E-state index contributed by atoms with van der Waals surface area (Å²) in [7, 11) is 0. The van der Waals surface area contributed by atoms with Crippen LogP contribution >= 0.6 is 0 Å². The zero-order chi connectivity index (χ0) is 12.8. The predicted octanol–water partition coefficient (Wildman–Crippen LogP) is 0.507. The first-order chi connectivity index (χ1) is 8.04. The van der Waals surface area contributed by atoms with Crippen LogP contribution in [0.4, 0.5) is 8.78 Å². The third-order valence-electron chi connectivity index (χ3n) is 3.18. The van der Waals surface area contributed by atoms with Crippen molar-refractivity contribution in [1.29, 1.82) is 0 Å². The number of hydrogen-bond acceptors (Lipinski definition) is 3. The van der Waals surface area contributed by atoms with Crippen LogP contribution in [0.25, 0.3) is 0 Å². The van der Waals surface area contributed by atoms with Crippen LogP contribution in [0.15, 0.2) is 0 Å². The second-order valence-electron chi connectivity index (χ2n) is 4.45. The summed E-state index contributed by atoms with van der Waals surface area (Å²) in [5.74, 6) is 0.204. The molecule has 3 unspecified atom stereocenters. The molecule has 1 fully saturated rings. The van der Waals surface area contributed by atoms with Gasteiger partial charge in [0.2, 0.25) is 5.91 Å². The number of halogens is 2. The lowest BCUT2D eigenvalue weighted by Gasteiger charge is -2.29. The molecule has 100 valence electrons. The molecule has 0 aliphatic carbocycles. The number of aliphatic hydroxyl groups excluding tert-OH is 1. The summed E-state index contributed by atoms with van der Waals surface area (Å²) in [6.45, 7) is 2.45. The van der Waals surface area contributed by atoms with Crippen LogP contribution in [0.3, 0.4) is 0 Å². The number of aliphatic hydroxyl groups is 1. The number of piperidine rings is 1. The molecule has 0 bridgehead atoms. The first-order valence-electron chi connectivity index (χ1n) is 6.01. The lowest BCUT2D eigenvalue weighted by molar-refractivity contribution is -0.125. The highest BCUT2D eigenvalue weighted by Crippen LogP contribution is 2.19. The molecule has 1 aliphatic heterocycles. The van der Waals surface area contributed by atoms with Crippen LogP contribution in [-0.2, 0) is 4.79 Å². The van der Waals surface area contributed by atoms with Crippen LogP contribution in [-0.4, -0.2) is 42.7 Å². The van der Waals surface area contributed by atoms with Crippen LogP contribution in [0.5, 0.6) is 0 Å². The van der Waals surface area contributed by atoms with E-state index < -0.39 is 19.1 Å². The number of alkyl halides is 2. The van der Waals surface area contributed by atoms with E-state index in [0.717, 1.165) is 25.8 Å². The van der Waals surface area contributed by atoms with Gasteiger partial charge in [-0.2, -0.15) is 0 Å². The summed E-state index contributed by atoms with van der Waals surface area (Å²) < 4.78 is 24.0. The van der Waals surface area contributed by atoms with Crippen LogP contribution in [0.1, 0.15) is 26.2 Å². The molecule has 0 saturated carbocycles. The molecule has 1 aliphatic rings. The Kier molecular flexibility index (Phi) is 5.77. The summed E-state index contributed by atoms with van der Waals surface area (Å²) in [6, 6.07) is -0.321. The van der Waals surface area contributed by atoms with E-state index in [4.69, 9.17) is 5.11 Å². The molecular formula is C11H20F2N2O2. The third kappa shape index (κ3) is 4.55. The molecule has 0 aromatic rings. The van der Waals surface area contributed by atoms with E-state index in [9.17, 15) is 13.6 Å². The Morgan fingerprint density at radius 1 is 1.59 bits per heavy atom. The maximum atomic E-state index is 12.0. The van der Waals surface area contributed by atoms with Crippen molar-refractivity contribution in [3.8, 4) is 0 Å². The van der Waals surface area contributed by atoms with Gasteiger partial charge >= 0.3 is 0 Å². The molecule has 0 aromatic carbocycles. The van der Waals surface area contributed by atoms with Gasteiger partial charge in [0.05, 0.1) is 6.04 Å².